The van der Waals surface area contributed by atoms with E-state index in [2.05, 4.69) is 26.8 Å². The van der Waals surface area contributed by atoms with Gasteiger partial charge in [-0.25, -0.2) is 4.79 Å². The van der Waals surface area contributed by atoms with Crippen LogP contribution in [0.1, 0.15) is 95.2 Å². The third kappa shape index (κ3) is 7.94. The van der Waals surface area contributed by atoms with Crippen LogP contribution in [0.25, 0.3) is 0 Å². The second-order valence-corrected chi connectivity index (χ2v) is 6.97. The van der Waals surface area contributed by atoms with Gasteiger partial charge in [-0.2, -0.15) is 0 Å². The predicted octanol–water partition coefficient (Wildman–Crippen LogP) is 6.34. The minimum atomic E-state index is -0.713. The number of carbonyl (C=O) groups excluding carboxylic acids is 1. The van der Waals surface area contributed by atoms with Crippen molar-refractivity contribution in [3.8, 4) is 5.75 Å². The summed E-state index contributed by atoms with van der Waals surface area (Å²) < 4.78 is 5.34. The fourth-order valence-corrected chi connectivity index (χ4v) is 3.41. The third-order valence-electron chi connectivity index (χ3n) is 4.81. The Hall–Kier alpha value is -1.51. The molecule has 0 spiro atoms. The molecule has 1 rings (SSSR count). The quantitative estimate of drug-likeness (QED) is 0.423. The van der Waals surface area contributed by atoms with Crippen molar-refractivity contribution in [2.24, 2.45) is 5.73 Å². The highest BCUT2D eigenvalue weighted by atomic mass is 16.5. The van der Waals surface area contributed by atoms with Gasteiger partial charge in [-0.15, -0.1) is 0 Å². The molecule has 0 fully saturated rings. The molecule has 3 nitrogen and oxygen atoms in total. The molecule has 0 unspecified atom stereocenters. The smallest absolute Gasteiger partial charge is 0.409 e. The second-order valence-electron chi connectivity index (χ2n) is 6.97. The Bertz CT molecular complexity index is 511. The summed E-state index contributed by atoms with van der Waals surface area (Å²) in [4.78, 5) is 11.3. The molecule has 0 aromatic heterocycles. The predicted molar refractivity (Wildman–Crippen MR) is 106 cm³/mol. The molecule has 25 heavy (non-hydrogen) atoms. The minimum absolute atomic E-state index is 0.675. The first kappa shape index (κ1) is 21.5. The van der Waals surface area contributed by atoms with Crippen molar-refractivity contribution in [1.82, 2.24) is 0 Å². The first-order valence-corrected chi connectivity index (χ1v) is 10.2. The molecule has 0 aliphatic heterocycles. The van der Waals surface area contributed by atoms with Crippen LogP contribution in [-0.4, -0.2) is 6.09 Å². The minimum Gasteiger partial charge on any atom is -0.410 e. The molecule has 0 saturated carbocycles. The number of amides is 1. The summed E-state index contributed by atoms with van der Waals surface area (Å²) in [6, 6.07) is 4.11. The number of hydrogen-bond acceptors (Lipinski definition) is 2. The van der Waals surface area contributed by atoms with Gasteiger partial charge in [0.15, 0.2) is 0 Å². The van der Waals surface area contributed by atoms with Crippen LogP contribution in [0.15, 0.2) is 12.1 Å². The normalized spacial score (nSPS) is 10.8. The Morgan fingerprint density at radius 1 is 0.800 bits per heavy atom. The van der Waals surface area contributed by atoms with Gasteiger partial charge in [0, 0.05) is 0 Å². The number of hydrogen-bond donors (Lipinski definition) is 1. The number of ether oxygens (including phenoxy) is 1. The lowest BCUT2D eigenvalue weighted by molar-refractivity contribution is 0.210. The maximum absolute atomic E-state index is 11.3. The number of aryl methyl sites for hydroxylation is 1. The lowest BCUT2D eigenvalue weighted by Crippen LogP contribution is -2.18. The number of unbranched alkanes of at least 4 members (excludes halogenated alkanes) is 6. The molecule has 0 aliphatic carbocycles. The van der Waals surface area contributed by atoms with Crippen molar-refractivity contribution in [1.29, 1.82) is 0 Å². The third-order valence-corrected chi connectivity index (χ3v) is 4.81. The van der Waals surface area contributed by atoms with Crippen molar-refractivity contribution in [2.75, 3.05) is 0 Å². The highest BCUT2D eigenvalue weighted by Crippen LogP contribution is 2.30. The summed E-state index contributed by atoms with van der Waals surface area (Å²) >= 11 is 0. The van der Waals surface area contributed by atoms with E-state index in [1.54, 1.807) is 0 Å². The average Bonchev–Trinajstić information content (AvgIpc) is 2.58. The van der Waals surface area contributed by atoms with Gasteiger partial charge in [0.1, 0.15) is 5.75 Å². The van der Waals surface area contributed by atoms with Crippen molar-refractivity contribution >= 4 is 6.09 Å². The Labute approximate surface area is 154 Å². The molecule has 1 aromatic carbocycles. The van der Waals surface area contributed by atoms with E-state index in [1.807, 2.05) is 6.07 Å². The summed E-state index contributed by atoms with van der Waals surface area (Å²) in [6.07, 6.45) is 13.3. The zero-order valence-corrected chi connectivity index (χ0v) is 16.5. The molecular weight excluding hydrogens is 310 g/mol. The molecule has 142 valence electrons. The molecule has 2 N–H and O–H groups in total. The fourth-order valence-electron chi connectivity index (χ4n) is 3.41. The first-order valence-electron chi connectivity index (χ1n) is 10.2. The number of nitrogens with two attached hydrogens (primary N) is 1. The van der Waals surface area contributed by atoms with E-state index >= 15 is 0 Å². The van der Waals surface area contributed by atoms with E-state index in [4.69, 9.17) is 10.5 Å². The topological polar surface area (TPSA) is 52.3 Å². The Morgan fingerprint density at radius 2 is 1.32 bits per heavy atom. The van der Waals surface area contributed by atoms with Crippen LogP contribution in [-0.2, 0) is 19.3 Å². The average molecular weight is 348 g/mol. The number of rotatable bonds is 13. The SMILES string of the molecule is CCCCCc1ccc(OC(N)=O)c(CCCCC)c1CCCCC. The van der Waals surface area contributed by atoms with Crippen LogP contribution >= 0.6 is 0 Å². The molecule has 1 amide bonds. The Morgan fingerprint density at radius 3 is 1.84 bits per heavy atom. The summed E-state index contributed by atoms with van der Waals surface area (Å²) in [7, 11) is 0. The van der Waals surface area contributed by atoms with Crippen molar-refractivity contribution in [3.05, 3.63) is 28.8 Å². The van der Waals surface area contributed by atoms with Gasteiger partial charge >= 0.3 is 6.09 Å². The largest absolute Gasteiger partial charge is 0.410 e. The molecule has 3 heteroatoms. The van der Waals surface area contributed by atoms with Gasteiger partial charge in [-0.3, -0.25) is 0 Å². The molecule has 1 aromatic rings. The van der Waals surface area contributed by atoms with Crippen LogP contribution in [0.2, 0.25) is 0 Å². The molecule has 0 radical (unpaired) electrons. The van der Waals surface area contributed by atoms with Crippen molar-refractivity contribution < 1.29 is 9.53 Å². The number of benzene rings is 1. The summed E-state index contributed by atoms with van der Waals surface area (Å²) in [5, 5.41) is 0. The zero-order chi connectivity index (χ0) is 18.5. The van der Waals surface area contributed by atoms with Crippen LogP contribution in [0.4, 0.5) is 4.79 Å². The van der Waals surface area contributed by atoms with Gasteiger partial charge in [-0.05, 0) is 61.3 Å². The standard InChI is InChI=1S/C22H37NO2/c1-4-7-10-13-18-16-17-21(25-22(23)24)20(15-12-9-6-3)19(18)14-11-8-5-2/h16-17H,4-15H2,1-3H3,(H2,23,24). The summed E-state index contributed by atoms with van der Waals surface area (Å²) in [5.41, 5.74) is 9.37. The summed E-state index contributed by atoms with van der Waals surface area (Å²) in [6.45, 7) is 6.68. The highest BCUT2D eigenvalue weighted by Gasteiger charge is 2.15. The van der Waals surface area contributed by atoms with Crippen LogP contribution in [0.3, 0.4) is 0 Å². The van der Waals surface area contributed by atoms with E-state index < -0.39 is 6.09 Å². The van der Waals surface area contributed by atoms with Gasteiger partial charge in [0.25, 0.3) is 0 Å². The second kappa shape index (κ2) is 12.8. The number of primary amides is 1. The summed E-state index contributed by atoms with van der Waals surface area (Å²) in [5.74, 6) is 0.675. The lowest BCUT2D eigenvalue weighted by atomic mass is 9.89. The van der Waals surface area contributed by atoms with Gasteiger partial charge in [0.05, 0.1) is 0 Å². The molecule has 0 saturated heterocycles. The van der Waals surface area contributed by atoms with Gasteiger partial charge in [-0.1, -0.05) is 65.4 Å². The zero-order valence-electron chi connectivity index (χ0n) is 16.5. The maximum Gasteiger partial charge on any atom is 0.409 e. The van der Waals surface area contributed by atoms with Gasteiger partial charge in [0.2, 0.25) is 0 Å². The van der Waals surface area contributed by atoms with Crippen LogP contribution in [0, 0.1) is 0 Å². The molecule has 0 bridgehead atoms. The lowest BCUT2D eigenvalue weighted by Gasteiger charge is -2.18. The highest BCUT2D eigenvalue weighted by molar-refractivity contribution is 5.69. The molecule has 0 heterocycles. The molecule has 0 atom stereocenters. The van der Waals surface area contributed by atoms with E-state index in [9.17, 15) is 4.79 Å². The van der Waals surface area contributed by atoms with Gasteiger partial charge < -0.3 is 10.5 Å². The monoisotopic (exact) mass is 347 g/mol. The van der Waals surface area contributed by atoms with E-state index in [0.29, 0.717) is 5.75 Å². The Balaban J connectivity index is 3.12. The molecular formula is C22H37NO2. The van der Waals surface area contributed by atoms with Crippen molar-refractivity contribution in [3.63, 3.8) is 0 Å². The Kier molecular flexibility index (Phi) is 11.0. The van der Waals surface area contributed by atoms with E-state index in [0.717, 1.165) is 25.7 Å². The van der Waals surface area contributed by atoms with Crippen LogP contribution < -0.4 is 10.5 Å². The van der Waals surface area contributed by atoms with Crippen molar-refractivity contribution in [2.45, 2.75) is 97.8 Å². The first-order chi connectivity index (χ1) is 12.1. The fraction of sp³-hybridized carbons (Fsp3) is 0.682. The van der Waals surface area contributed by atoms with E-state index in [-0.39, 0.29) is 0 Å². The number of carbonyl (C=O) groups is 1. The van der Waals surface area contributed by atoms with Crippen LogP contribution in [0.5, 0.6) is 5.75 Å². The maximum atomic E-state index is 11.3. The molecule has 0 aliphatic rings. The van der Waals surface area contributed by atoms with E-state index in [1.165, 1.54) is 68.1 Å².